The van der Waals surface area contributed by atoms with E-state index in [0.29, 0.717) is 23.6 Å². The summed E-state index contributed by atoms with van der Waals surface area (Å²) in [6.45, 7) is 3.78. The highest BCUT2D eigenvalue weighted by atomic mass is 16.4. The first-order chi connectivity index (χ1) is 13.2. The normalized spacial score (nSPS) is 10.8. The first-order valence-corrected chi connectivity index (χ1v) is 8.72. The summed E-state index contributed by atoms with van der Waals surface area (Å²) in [5.74, 6) is -0.265. The summed E-state index contributed by atoms with van der Waals surface area (Å²) < 4.78 is 5.13. The number of aliphatic carboxylic acids is 1. The average molecular weight is 388 g/mol. The summed E-state index contributed by atoms with van der Waals surface area (Å²) in [6, 6.07) is 9.27. The quantitative estimate of drug-likeness (QED) is 0.473. The van der Waals surface area contributed by atoms with E-state index < -0.39 is 17.5 Å². The summed E-state index contributed by atoms with van der Waals surface area (Å²) in [7, 11) is 0. The van der Waals surface area contributed by atoms with Crippen LogP contribution in [0.25, 0.3) is 0 Å². The van der Waals surface area contributed by atoms with E-state index in [0.717, 1.165) is 0 Å². The molecule has 0 aliphatic carbocycles. The molecule has 5 N–H and O–H groups in total. The highest BCUT2D eigenvalue weighted by Crippen LogP contribution is 2.15. The Hall–Kier alpha value is -3.49. The van der Waals surface area contributed by atoms with Gasteiger partial charge in [0.25, 0.3) is 0 Å². The molecule has 1 aromatic heterocycles. The van der Waals surface area contributed by atoms with Crippen LogP contribution in [0, 0.1) is 0 Å². The lowest BCUT2D eigenvalue weighted by atomic mass is 9.99. The predicted octanol–water partition coefficient (Wildman–Crippen LogP) is 3.37. The fraction of sp³-hybridized carbons (Fsp3) is 0.316. The molecule has 0 spiro atoms. The van der Waals surface area contributed by atoms with E-state index >= 15 is 0 Å². The van der Waals surface area contributed by atoms with Gasteiger partial charge in [0.05, 0.1) is 12.8 Å². The van der Waals surface area contributed by atoms with Crippen LogP contribution in [0.3, 0.4) is 0 Å². The van der Waals surface area contributed by atoms with E-state index in [2.05, 4.69) is 21.3 Å². The molecule has 150 valence electrons. The SMILES string of the molecule is CC(C)(CCC(=O)O)NC(=O)Nc1ccc(NC(=O)NCc2ccco2)cc1. The Balaban J connectivity index is 1.79. The fourth-order valence-electron chi connectivity index (χ4n) is 2.34. The van der Waals surface area contributed by atoms with Crippen LogP contribution in [0.5, 0.6) is 0 Å². The molecule has 0 radical (unpaired) electrons. The van der Waals surface area contributed by atoms with E-state index in [9.17, 15) is 14.4 Å². The van der Waals surface area contributed by atoms with Crippen LogP contribution < -0.4 is 21.3 Å². The van der Waals surface area contributed by atoms with Crippen molar-refractivity contribution in [3.63, 3.8) is 0 Å². The number of amides is 4. The van der Waals surface area contributed by atoms with Crippen molar-refractivity contribution in [3.8, 4) is 0 Å². The Morgan fingerprint density at radius 1 is 1.00 bits per heavy atom. The Labute approximate surface area is 162 Å². The Kier molecular flexibility index (Phi) is 7.02. The van der Waals surface area contributed by atoms with E-state index in [1.165, 1.54) is 6.26 Å². The summed E-state index contributed by atoms with van der Waals surface area (Å²) in [5.41, 5.74) is 0.438. The van der Waals surface area contributed by atoms with Crippen LogP contribution in [0.2, 0.25) is 0 Å². The monoisotopic (exact) mass is 388 g/mol. The largest absolute Gasteiger partial charge is 0.481 e. The summed E-state index contributed by atoms with van der Waals surface area (Å²) in [4.78, 5) is 34.6. The third kappa shape index (κ3) is 7.40. The maximum atomic E-state index is 12.1. The van der Waals surface area contributed by atoms with E-state index in [-0.39, 0.29) is 19.0 Å². The average Bonchev–Trinajstić information content (AvgIpc) is 3.13. The second kappa shape index (κ2) is 9.45. The number of anilines is 2. The van der Waals surface area contributed by atoms with Gasteiger partial charge in [-0.1, -0.05) is 0 Å². The van der Waals surface area contributed by atoms with E-state index in [1.807, 2.05) is 0 Å². The van der Waals surface area contributed by atoms with Crippen LogP contribution >= 0.6 is 0 Å². The Morgan fingerprint density at radius 3 is 2.14 bits per heavy atom. The molecular formula is C19H24N4O5. The van der Waals surface area contributed by atoms with Gasteiger partial charge in [0.1, 0.15) is 5.76 Å². The van der Waals surface area contributed by atoms with Gasteiger partial charge in [0.15, 0.2) is 0 Å². The highest BCUT2D eigenvalue weighted by Gasteiger charge is 2.21. The number of carbonyl (C=O) groups is 3. The number of benzene rings is 1. The van der Waals surface area contributed by atoms with Gasteiger partial charge in [-0.25, -0.2) is 9.59 Å². The number of carbonyl (C=O) groups excluding carboxylic acids is 2. The maximum Gasteiger partial charge on any atom is 0.319 e. The van der Waals surface area contributed by atoms with Crippen LogP contribution in [0.1, 0.15) is 32.4 Å². The molecule has 2 rings (SSSR count). The summed E-state index contributed by atoms with van der Waals surface area (Å²) in [6.07, 6.45) is 1.81. The van der Waals surface area contributed by atoms with Gasteiger partial charge in [-0.05, 0) is 56.7 Å². The van der Waals surface area contributed by atoms with Crippen LogP contribution in [-0.4, -0.2) is 28.7 Å². The molecule has 0 unspecified atom stereocenters. The van der Waals surface area contributed by atoms with Crippen molar-refractivity contribution in [3.05, 3.63) is 48.4 Å². The minimum Gasteiger partial charge on any atom is -0.481 e. The van der Waals surface area contributed by atoms with Crippen molar-refractivity contribution in [2.75, 3.05) is 10.6 Å². The molecule has 9 heteroatoms. The fourth-order valence-corrected chi connectivity index (χ4v) is 2.34. The van der Waals surface area contributed by atoms with Crippen LogP contribution in [0.4, 0.5) is 21.0 Å². The number of nitrogens with one attached hydrogen (secondary N) is 4. The number of carboxylic acids is 1. The summed E-state index contributed by atoms with van der Waals surface area (Å²) >= 11 is 0. The maximum absolute atomic E-state index is 12.1. The van der Waals surface area contributed by atoms with Crippen molar-refractivity contribution < 1.29 is 23.9 Å². The van der Waals surface area contributed by atoms with Gasteiger partial charge in [0, 0.05) is 23.3 Å². The third-order valence-electron chi connectivity index (χ3n) is 3.82. The zero-order chi connectivity index (χ0) is 20.6. The van der Waals surface area contributed by atoms with Gasteiger partial charge in [-0.15, -0.1) is 0 Å². The minimum absolute atomic E-state index is 0.0321. The van der Waals surface area contributed by atoms with Gasteiger partial charge < -0.3 is 30.8 Å². The van der Waals surface area contributed by atoms with Crippen LogP contribution in [-0.2, 0) is 11.3 Å². The molecule has 0 atom stereocenters. The van der Waals surface area contributed by atoms with E-state index in [1.54, 1.807) is 50.2 Å². The van der Waals surface area contributed by atoms with Gasteiger partial charge in [-0.3, -0.25) is 4.79 Å². The molecule has 28 heavy (non-hydrogen) atoms. The molecular weight excluding hydrogens is 364 g/mol. The molecule has 1 aromatic carbocycles. The van der Waals surface area contributed by atoms with E-state index in [4.69, 9.17) is 9.52 Å². The topological polar surface area (TPSA) is 133 Å². The van der Waals surface area contributed by atoms with Crippen molar-refractivity contribution >= 4 is 29.4 Å². The van der Waals surface area contributed by atoms with Crippen LogP contribution in [0.15, 0.2) is 47.1 Å². The van der Waals surface area contributed by atoms with Crippen molar-refractivity contribution in [1.29, 1.82) is 0 Å². The lowest BCUT2D eigenvalue weighted by Gasteiger charge is -2.25. The van der Waals surface area contributed by atoms with Crippen molar-refractivity contribution in [1.82, 2.24) is 10.6 Å². The molecule has 4 amide bonds. The smallest absolute Gasteiger partial charge is 0.319 e. The third-order valence-corrected chi connectivity index (χ3v) is 3.82. The summed E-state index contributed by atoms with van der Waals surface area (Å²) in [5, 5.41) is 19.5. The number of rotatable bonds is 8. The molecule has 0 aliphatic rings. The minimum atomic E-state index is -0.911. The highest BCUT2D eigenvalue weighted by molar-refractivity contribution is 5.91. The molecule has 1 heterocycles. The molecule has 9 nitrogen and oxygen atoms in total. The lowest BCUT2D eigenvalue weighted by molar-refractivity contribution is -0.137. The molecule has 0 saturated carbocycles. The van der Waals surface area contributed by atoms with Gasteiger partial charge >= 0.3 is 18.0 Å². The first kappa shape index (κ1) is 20.8. The standard InChI is InChI=1S/C19H24N4O5/c1-19(2,10-9-16(24)25)23-18(27)22-14-7-5-13(6-8-14)21-17(26)20-12-15-4-3-11-28-15/h3-8,11H,9-10,12H2,1-2H3,(H,24,25)(H2,20,21,26)(H2,22,23,27). The zero-order valence-corrected chi connectivity index (χ0v) is 15.7. The number of hydrogen-bond acceptors (Lipinski definition) is 4. The number of hydrogen-bond donors (Lipinski definition) is 5. The lowest BCUT2D eigenvalue weighted by Crippen LogP contribution is -2.45. The predicted molar refractivity (Wildman–Crippen MR) is 104 cm³/mol. The van der Waals surface area contributed by atoms with Crippen molar-refractivity contribution in [2.24, 2.45) is 0 Å². The Morgan fingerprint density at radius 2 is 1.61 bits per heavy atom. The first-order valence-electron chi connectivity index (χ1n) is 8.72. The zero-order valence-electron chi connectivity index (χ0n) is 15.7. The second-order valence-electron chi connectivity index (χ2n) is 6.82. The molecule has 0 bridgehead atoms. The number of carboxylic acid groups (broad SMARTS) is 1. The molecule has 0 aliphatic heterocycles. The number of urea groups is 2. The molecule has 0 saturated heterocycles. The van der Waals surface area contributed by atoms with Crippen molar-refractivity contribution in [2.45, 2.75) is 38.8 Å². The number of furan rings is 1. The second-order valence-corrected chi connectivity index (χ2v) is 6.82. The van der Waals surface area contributed by atoms with Gasteiger partial charge in [-0.2, -0.15) is 0 Å². The molecule has 2 aromatic rings. The van der Waals surface area contributed by atoms with Gasteiger partial charge in [0.2, 0.25) is 0 Å². The molecule has 0 fully saturated rings. The Bertz CT molecular complexity index is 800.